The molecule has 2 atom stereocenters. The number of aromatic nitrogens is 6. The molecule has 0 bridgehead atoms. The summed E-state index contributed by atoms with van der Waals surface area (Å²) in [7, 11) is 0. The number of hydrogen-bond donors (Lipinski definition) is 2. The van der Waals surface area contributed by atoms with Gasteiger partial charge in [-0.05, 0) is 68.5 Å². The number of rotatable bonds is 9. The number of pyridine rings is 2. The van der Waals surface area contributed by atoms with E-state index >= 15 is 0 Å². The van der Waals surface area contributed by atoms with Crippen LogP contribution in [0.3, 0.4) is 0 Å². The lowest BCUT2D eigenvalue weighted by Crippen LogP contribution is -2.48. The monoisotopic (exact) mass is 716 g/mol. The third kappa shape index (κ3) is 6.91. The molecule has 2 amide bonds. The van der Waals surface area contributed by atoms with Crippen LogP contribution in [-0.4, -0.2) is 98.3 Å². The van der Waals surface area contributed by atoms with Crippen LogP contribution in [0.2, 0.25) is 0 Å². The number of fused-ring (bicyclic) bond motifs is 1. The Labute approximate surface area is 305 Å². The van der Waals surface area contributed by atoms with Crippen molar-refractivity contribution in [3.8, 4) is 28.0 Å². The van der Waals surface area contributed by atoms with Gasteiger partial charge in [0, 0.05) is 76.4 Å². The molecule has 14 nitrogen and oxygen atoms in total. The highest BCUT2D eigenvalue weighted by Crippen LogP contribution is 2.36. The predicted octanol–water partition coefficient (Wildman–Crippen LogP) is 4.17. The number of piperidine rings is 1. The summed E-state index contributed by atoms with van der Waals surface area (Å²) in [4.78, 5) is 40.5. The first-order valence-corrected chi connectivity index (χ1v) is 18.6. The summed E-state index contributed by atoms with van der Waals surface area (Å²) in [5.41, 5.74) is 5.68. The molecule has 0 aliphatic carbocycles. The van der Waals surface area contributed by atoms with Crippen LogP contribution < -0.4 is 20.4 Å². The Morgan fingerprint density at radius 3 is 2.62 bits per heavy atom. The van der Waals surface area contributed by atoms with Gasteiger partial charge in [-0.15, -0.1) is 10.2 Å². The highest BCUT2D eigenvalue weighted by Gasteiger charge is 2.30. The summed E-state index contributed by atoms with van der Waals surface area (Å²) in [5.74, 6) is 0.768. The Balaban J connectivity index is 0.875. The molecule has 52 heavy (non-hydrogen) atoms. The Morgan fingerprint density at radius 2 is 1.85 bits per heavy atom. The average Bonchev–Trinajstić information content (AvgIpc) is 3.92. The van der Waals surface area contributed by atoms with Gasteiger partial charge in [0.2, 0.25) is 16.9 Å². The molecule has 2 unspecified atom stereocenters. The van der Waals surface area contributed by atoms with Crippen molar-refractivity contribution in [1.82, 2.24) is 40.0 Å². The quantitative estimate of drug-likeness (QED) is 0.210. The van der Waals surface area contributed by atoms with E-state index in [-0.39, 0.29) is 23.8 Å². The standard InChI is InChI=1S/C37H40N12O2S/c1-23(2)42-30-16-31(32-6-4-27-15-25(17-38)18-41-49(27)32)39-20-29(30)36-44-45-37(52-36)47-13-11-46(12-14-47)21-24-9-10-48(22-24)33-7-3-26(19-40-33)28-5-8-34(50)43-35(28)51/h3-4,6-7,15-16,18-20,23-24,28H,5,8-14,21-22H2,1-2H3,(H,39,42)(H,43,50,51). The first-order chi connectivity index (χ1) is 25.3. The minimum absolute atomic E-state index is 0.198. The molecule has 3 fully saturated rings. The molecule has 266 valence electrons. The molecule has 2 N–H and O–H groups in total. The second-order valence-corrected chi connectivity index (χ2v) is 15.0. The van der Waals surface area contributed by atoms with E-state index in [0.717, 1.165) is 102 Å². The number of imide groups is 1. The number of nitrogens with zero attached hydrogens (tertiary/aromatic N) is 10. The van der Waals surface area contributed by atoms with E-state index < -0.39 is 0 Å². The lowest BCUT2D eigenvalue weighted by Gasteiger charge is -2.35. The van der Waals surface area contributed by atoms with E-state index in [4.69, 9.17) is 9.97 Å². The molecule has 5 aromatic heterocycles. The van der Waals surface area contributed by atoms with Gasteiger partial charge in [0.05, 0.1) is 40.1 Å². The number of nitrogens with one attached hydrogen (secondary N) is 2. The van der Waals surface area contributed by atoms with Crippen molar-refractivity contribution in [3.63, 3.8) is 0 Å². The van der Waals surface area contributed by atoms with Crippen molar-refractivity contribution in [2.24, 2.45) is 5.92 Å². The van der Waals surface area contributed by atoms with E-state index in [1.54, 1.807) is 28.2 Å². The lowest BCUT2D eigenvalue weighted by atomic mass is 9.92. The van der Waals surface area contributed by atoms with Gasteiger partial charge in [-0.1, -0.05) is 17.4 Å². The molecule has 0 saturated carbocycles. The summed E-state index contributed by atoms with van der Waals surface area (Å²) in [6.07, 6.45) is 7.24. The zero-order chi connectivity index (χ0) is 35.8. The summed E-state index contributed by atoms with van der Waals surface area (Å²) in [6, 6.07) is 14.1. The van der Waals surface area contributed by atoms with Crippen LogP contribution in [-0.2, 0) is 9.59 Å². The SMILES string of the molecule is CC(C)Nc1cc(-c2ccc3cc(C#N)cnn23)ncc1-c1nnc(N2CCN(CC3CCN(c4ccc(C5CCC(=O)NC5=O)cn4)C3)CC2)s1. The van der Waals surface area contributed by atoms with Crippen molar-refractivity contribution in [3.05, 3.63) is 66.1 Å². The summed E-state index contributed by atoms with van der Waals surface area (Å²) >= 11 is 1.59. The molecule has 8 rings (SSSR count). The number of piperazine rings is 1. The first kappa shape index (κ1) is 33.7. The highest BCUT2D eigenvalue weighted by atomic mass is 32.1. The van der Waals surface area contributed by atoms with Crippen LogP contribution in [0.1, 0.15) is 50.2 Å². The smallest absolute Gasteiger partial charge is 0.234 e. The number of hydrogen-bond acceptors (Lipinski definition) is 13. The Kier molecular flexibility index (Phi) is 9.25. The topological polar surface area (TPSA) is 161 Å². The molecule has 3 saturated heterocycles. The predicted molar refractivity (Wildman–Crippen MR) is 199 cm³/mol. The number of nitriles is 1. The molecule has 3 aliphatic rings. The van der Waals surface area contributed by atoms with E-state index in [9.17, 15) is 14.9 Å². The van der Waals surface area contributed by atoms with Crippen molar-refractivity contribution in [2.45, 2.75) is 45.1 Å². The van der Waals surface area contributed by atoms with Crippen molar-refractivity contribution >= 4 is 45.3 Å². The number of carbonyl (C=O) groups is 2. The van der Waals surface area contributed by atoms with Crippen molar-refractivity contribution in [1.29, 1.82) is 5.26 Å². The fourth-order valence-corrected chi connectivity index (χ4v) is 8.30. The van der Waals surface area contributed by atoms with Gasteiger partial charge < -0.3 is 15.1 Å². The van der Waals surface area contributed by atoms with Crippen LogP contribution in [0, 0.1) is 17.2 Å². The fraction of sp³-hybridized carbons (Fsp3) is 0.405. The van der Waals surface area contributed by atoms with Gasteiger partial charge in [0.1, 0.15) is 11.9 Å². The number of carbonyl (C=O) groups excluding carboxylic acids is 2. The molecule has 0 spiro atoms. The Bertz CT molecular complexity index is 2150. The second kappa shape index (κ2) is 14.3. The average molecular weight is 717 g/mol. The molecule has 0 aromatic carbocycles. The van der Waals surface area contributed by atoms with Crippen LogP contribution in [0.5, 0.6) is 0 Å². The minimum atomic E-state index is -0.310. The van der Waals surface area contributed by atoms with Crippen molar-refractivity contribution in [2.75, 3.05) is 60.9 Å². The zero-order valence-electron chi connectivity index (χ0n) is 29.2. The van der Waals surface area contributed by atoms with Gasteiger partial charge in [-0.25, -0.2) is 9.50 Å². The lowest BCUT2D eigenvalue weighted by molar-refractivity contribution is -0.134. The molecule has 15 heteroatoms. The summed E-state index contributed by atoms with van der Waals surface area (Å²) in [5, 5.41) is 30.7. The first-order valence-electron chi connectivity index (χ1n) is 17.8. The van der Waals surface area contributed by atoms with Gasteiger partial charge in [-0.3, -0.25) is 24.8 Å². The molecular weight excluding hydrogens is 677 g/mol. The zero-order valence-corrected chi connectivity index (χ0v) is 30.0. The Morgan fingerprint density at radius 1 is 0.981 bits per heavy atom. The number of anilines is 3. The van der Waals surface area contributed by atoms with Crippen LogP contribution >= 0.6 is 11.3 Å². The van der Waals surface area contributed by atoms with Gasteiger partial charge in [0.25, 0.3) is 0 Å². The highest BCUT2D eigenvalue weighted by molar-refractivity contribution is 7.18. The van der Waals surface area contributed by atoms with Crippen molar-refractivity contribution < 1.29 is 9.59 Å². The normalized spacial score (nSPS) is 19.7. The van der Waals surface area contributed by atoms with E-state index in [1.165, 1.54) is 0 Å². The Hall–Kier alpha value is -5.46. The fourth-order valence-electron chi connectivity index (χ4n) is 7.38. The summed E-state index contributed by atoms with van der Waals surface area (Å²) < 4.78 is 1.80. The molecule has 8 heterocycles. The summed E-state index contributed by atoms with van der Waals surface area (Å²) in [6.45, 7) is 10.9. The maximum atomic E-state index is 12.3. The third-order valence-corrected chi connectivity index (χ3v) is 11.1. The maximum absolute atomic E-state index is 12.3. The van der Waals surface area contributed by atoms with E-state index in [1.807, 2.05) is 42.6 Å². The van der Waals surface area contributed by atoms with Gasteiger partial charge >= 0.3 is 0 Å². The van der Waals surface area contributed by atoms with Crippen LogP contribution in [0.15, 0.2) is 55.0 Å². The maximum Gasteiger partial charge on any atom is 0.234 e. The van der Waals surface area contributed by atoms with Gasteiger partial charge in [-0.2, -0.15) is 10.4 Å². The third-order valence-electron chi connectivity index (χ3n) is 10.1. The van der Waals surface area contributed by atoms with Crippen LogP contribution in [0.25, 0.3) is 27.5 Å². The van der Waals surface area contributed by atoms with Gasteiger partial charge in [0.15, 0.2) is 5.01 Å². The van der Waals surface area contributed by atoms with E-state index in [0.29, 0.717) is 24.3 Å². The molecule has 3 aliphatic heterocycles. The molecular formula is C37H40N12O2S. The largest absolute Gasteiger partial charge is 0.382 e. The van der Waals surface area contributed by atoms with Crippen LogP contribution in [0.4, 0.5) is 16.6 Å². The minimum Gasteiger partial charge on any atom is -0.382 e. The molecule has 5 aromatic rings. The van der Waals surface area contributed by atoms with E-state index in [2.05, 4.69) is 60.5 Å². The number of amides is 2. The second-order valence-electron chi connectivity index (χ2n) is 14.1. The molecule has 0 radical (unpaired) electrons.